The van der Waals surface area contributed by atoms with Gasteiger partial charge < -0.3 is 20.0 Å². The fourth-order valence-corrected chi connectivity index (χ4v) is 2.71. The number of benzene rings is 1. The van der Waals surface area contributed by atoms with E-state index >= 15 is 0 Å². The Morgan fingerprint density at radius 2 is 1.89 bits per heavy atom. The van der Waals surface area contributed by atoms with E-state index in [0.29, 0.717) is 18.8 Å². The highest BCUT2D eigenvalue weighted by Gasteiger charge is 2.22. The Balaban J connectivity index is 0.00000364. The SMILES string of the molecule is CCC(C)NC(=NCC(=O)N(C)C)N1CCN(c2ccccc2F)CC1.I. The molecule has 0 saturated carbocycles. The van der Waals surface area contributed by atoms with Gasteiger partial charge in [0, 0.05) is 46.3 Å². The minimum absolute atomic E-state index is 0. The van der Waals surface area contributed by atoms with Crippen molar-refractivity contribution in [3.63, 3.8) is 0 Å². The molecular weight excluding hydrogens is 460 g/mol. The fraction of sp³-hybridized carbons (Fsp3) is 0.579. The third kappa shape index (κ3) is 6.82. The molecule has 1 unspecified atom stereocenters. The predicted octanol–water partition coefficient (Wildman–Crippen LogP) is 2.40. The van der Waals surface area contributed by atoms with Crippen LogP contribution in [0, 0.1) is 5.82 Å². The molecule has 1 amide bonds. The number of guanidine groups is 1. The van der Waals surface area contributed by atoms with Crippen LogP contribution >= 0.6 is 24.0 Å². The number of halogens is 2. The number of hydrogen-bond acceptors (Lipinski definition) is 3. The maximum atomic E-state index is 14.0. The number of para-hydroxylation sites is 1. The van der Waals surface area contributed by atoms with E-state index in [-0.39, 0.29) is 48.3 Å². The van der Waals surface area contributed by atoms with Crippen LogP contribution in [0.15, 0.2) is 29.3 Å². The third-order valence-corrected chi connectivity index (χ3v) is 4.62. The summed E-state index contributed by atoms with van der Waals surface area (Å²) in [5, 5.41) is 3.41. The van der Waals surface area contributed by atoms with E-state index in [1.54, 1.807) is 25.1 Å². The monoisotopic (exact) mass is 491 g/mol. The van der Waals surface area contributed by atoms with E-state index in [1.165, 1.54) is 6.07 Å². The first-order valence-electron chi connectivity index (χ1n) is 9.18. The van der Waals surface area contributed by atoms with E-state index in [0.717, 1.165) is 25.5 Å². The fourth-order valence-electron chi connectivity index (χ4n) is 2.71. The van der Waals surface area contributed by atoms with Crippen molar-refractivity contribution in [3.8, 4) is 0 Å². The van der Waals surface area contributed by atoms with Gasteiger partial charge >= 0.3 is 0 Å². The molecule has 0 radical (unpaired) electrons. The minimum atomic E-state index is -0.191. The maximum absolute atomic E-state index is 14.0. The van der Waals surface area contributed by atoms with Crippen LogP contribution in [-0.4, -0.2) is 74.5 Å². The van der Waals surface area contributed by atoms with E-state index in [9.17, 15) is 9.18 Å². The molecule has 1 aliphatic rings. The van der Waals surface area contributed by atoms with Gasteiger partial charge in [-0.3, -0.25) is 4.79 Å². The quantitative estimate of drug-likeness (QED) is 0.391. The molecule has 152 valence electrons. The molecular formula is C19H31FIN5O. The zero-order valence-electron chi connectivity index (χ0n) is 16.6. The smallest absolute Gasteiger partial charge is 0.243 e. The second-order valence-electron chi connectivity index (χ2n) is 6.81. The molecule has 6 nitrogen and oxygen atoms in total. The van der Waals surface area contributed by atoms with E-state index in [2.05, 4.69) is 34.0 Å². The summed E-state index contributed by atoms with van der Waals surface area (Å²) in [6.45, 7) is 7.21. The van der Waals surface area contributed by atoms with Gasteiger partial charge in [-0.1, -0.05) is 19.1 Å². The summed E-state index contributed by atoms with van der Waals surface area (Å²) in [7, 11) is 3.46. The van der Waals surface area contributed by atoms with E-state index < -0.39 is 0 Å². The molecule has 0 aromatic heterocycles. The van der Waals surface area contributed by atoms with Gasteiger partial charge in [0.25, 0.3) is 0 Å². The van der Waals surface area contributed by atoms with Gasteiger partial charge in [0.2, 0.25) is 5.91 Å². The summed E-state index contributed by atoms with van der Waals surface area (Å²) in [6, 6.07) is 7.14. The number of amides is 1. The van der Waals surface area contributed by atoms with Crippen LogP contribution < -0.4 is 10.2 Å². The summed E-state index contributed by atoms with van der Waals surface area (Å²) in [6.07, 6.45) is 0.968. The topological polar surface area (TPSA) is 51.2 Å². The highest BCUT2D eigenvalue weighted by atomic mass is 127. The first kappa shape index (κ1) is 23.5. The Kier molecular flexibility index (Phi) is 9.82. The lowest BCUT2D eigenvalue weighted by atomic mass is 10.2. The zero-order valence-corrected chi connectivity index (χ0v) is 18.9. The number of rotatable bonds is 5. The van der Waals surface area contributed by atoms with Gasteiger partial charge in [-0.25, -0.2) is 9.38 Å². The molecule has 1 N–H and O–H groups in total. The number of anilines is 1. The molecule has 1 fully saturated rings. The molecule has 1 aromatic carbocycles. The van der Waals surface area contributed by atoms with Crippen LogP contribution in [-0.2, 0) is 4.79 Å². The first-order chi connectivity index (χ1) is 12.4. The van der Waals surface area contributed by atoms with Crippen LogP contribution in [0.5, 0.6) is 0 Å². The molecule has 1 aromatic rings. The Bertz CT molecular complexity index is 632. The second-order valence-corrected chi connectivity index (χ2v) is 6.81. The maximum Gasteiger partial charge on any atom is 0.243 e. The lowest BCUT2D eigenvalue weighted by molar-refractivity contribution is -0.127. The van der Waals surface area contributed by atoms with Crippen molar-refractivity contribution >= 4 is 41.5 Å². The molecule has 1 saturated heterocycles. The molecule has 0 aliphatic carbocycles. The summed E-state index contributed by atoms with van der Waals surface area (Å²) in [5.41, 5.74) is 0.642. The number of hydrogen-bond donors (Lipinski definition) is 1. The third-order valence-electron chi connectivity index (χ3n) is 4.62. The number of piperazine rings is 1. The molecule has 1 atom stereocenters. The van der Waals surface area contributed by atoms with Gasteiger partial charge in [-0.2, -0.15) is 0 Å². The number of carbonyl (C=O) groups is 1. The highest BCUT2D eigenvalue weighted by molar-refractivity contribution is 14.0. The highest BCUT2D eigenvalue weighted by Crippen LogP contribution is 2.20. The number of nitrogens with zero attached hydrogens (tertiary/aromatic N) is 4. The summed E-state index contributed by atoms with van der Waals surface area (Å²) in [5.74, 6) is 0.533. The lowest BCUT2D eigenvalue weighted by Crippen LogP contribution is -2.54. The number of aliphatic imine (C=N–C) groups is 1. The number of likely N-dealkylation sites (N-methyl/N-ethyl adjacent to an activating group) is 1. The molecule has 8 heteroatoms. The Morgan fingerprint density at radius 3 is 2.44 bits per heavy atom. The van der Waals surface area contributed by atoms with Crippen molar-refractivity contribution in [2.75, 3.05) is 51.7 Å². The average Bonchev–Trinajstić information content (AvgIpc) is 2.65. The van der Waals surface area contributed by atoms with Crippen molar-refractivity contribution in [1.29, 1.82) is 0 Å². The molecule has 1 heterocycles. The van der Waals surface area contributed by atoms with Gasteiger partial charge in [0.15, 0.2) is 5.96 Å². The van der Waals surface area contributed by atoms with Crippen LogP contribution in [0.25, 0.3) is 0 Å². The molecule has 2 rings (SSSR count). The van der Waals surface area contributed by atoms with Crippen molar-refractivity contribution in [2.45, 2.75) is 26.3 Å². The van der Waals surface area contributed by atoms with Gasteiger partial charge in [-0.15, -0.1) is 24.0 Å². The Labute approximate surface area is 178 Å². The Morgan fingerprint density at radius 1 is 1.26 bits per heavy atom. The standard InChI is InChI=1S/C19H30FN5O.HI/c1-5-15(2)22-19(21-14-18(26)23(3)4)25-12-10-24(11-13-25)17-9-7-6-8-16(17)20;/h6-9,15H,5,10-14H2,1-4H3,(H,21,22);1H. The van der Waals surface area contributed by atoms with Crippen LogP contribution in [0.2, 0.25) is 0 Å². The van der Waals surface area contributed by atoms with Crippen molar-refractivity contribution < 1.29 is 9.18 Å². The predicted molar refractivity (Wildman–Crippen MR) is 119 cm³/mol. The zero-order chi connectivity index (χ0) is 19.1. The minimum Gasteiger partial charge on any atom is -0.366 e. The molecule has 1 aliphatic heterocycles. The van der Waals surface area contributed by atoms with E-state index in [4.69, 9.17) is 0 Å². The molecule has 27 heavy (non-hydrogen) atoms. The number of carbonyl (C=O) groups excluding carboxylic acids is 1. The summed E-state index contributed by atoms with van der Waals surface area (Å²) < 4.78 is 14.0. The summed E-state index contributed by atoms with van der Waals surface area (Å²) >= 11 is 0. The average molecular weight is 491 g/mol. The normalized spacial score (nSPS) is 15.8. The van der Waals surface area contributed by atoms with Crippen molar-refractivity contribution in [3.05, 3.63) is 30.1 Å². The van der Waals surface area contributed by atoms with Crippen molar-refractivity contribution in [2.24, 2.45) is 4.99 Å². The second kappa shape index (κ2) is 11.3. The summed E-state index contributed by atoms with van der Waals surface area (Å²) in [4.78, 5) is 22.1. The Hall–Kier alpha value is -1.58. The van der Waals surface area contributed by atoms with Gasteiger partial charge in [0.05, 0.1) is 5.69 Å². The van der Waals surface area contributed by atoms with Crippen LogP contribution in [0.1, 0.15) is 20.3 Å². The van der Waals surface area contributed by atoms with Gasteiger partial charge in [-0.05, 0) is 25.5 Å². The van der Waals surface area contributed by atoms with Gasteiger partial charge in [0.1, 0.15) is 12.4 Å². The van der Waals surface area contributed by atoms with Crippen LogP contribution in [0.4, 0.5) is 10.1 Å². The molecule has 0 spiro atoms. The lowest BCUT2D eigenvalue weighted by Gasteiger charge is -2.38. The number of nitrogens with one attached hydrogen (secondary N) is 1. The molecule has 0 bridgehead atoms. The largest absolute Gasteiger partial charge is 0.366 e. The van der Waals surface area contributed by atoms with Crippen molar-refractivity contribution in [1.82, 2.24) is 15.1 Å². The van der Waals surface area contributed by atoms with Crippen LogP contribution in [0.3, 0.4) is 0 Å². The first-order valence-corrected chi connectivity index (χ1v) is 9.18. The van der Waals surface area contributed by atoms with E-state index in [1.807, 2.05) is 12.1 Å².